The lowest BCUT2D eigenvalue weighted by molar-refractivity contribution is 1.28. The van der Waals surface area contributed by atoms with Crippen LogP contribution in [0.15, 0.2) is 225 Å². The highest BCUT2D eigenvalue weighted by Crippen LogP contribution is 2.47. The van der Waals surface area contributed by atoms with E-state index in [0.717, 1.165) is 6.42 Å². The van der Waals surface area contributed by atoms with Gasteiger partial charge >= 0.3 is 0 Å². The third-order valence-corrected chi connectivity index (χ3v) is 11.4. The Morgan fingerprint density at radius 3 is 1.44 bits per heavy atom. The monoisotopic (exact) mass is 724 g/mol. The maximum atomic E-state index is 3.95. The molecule has 0 N–H and O–H groups in total. The Morgan fingerprint density at radius 2 is 0.789 bits per heavy atom. The minimum absolute atomic E-state index is 0.862. The van der Waals surface area contributed by atoms with Crippen molar-refractivity contribution in [1.82, 2.24) is 0 Å². The van der Waals surface area contributed by atoms with Crippen molar-refractivity contribution in [2.45, 2.75) is 6.42 Å². The maximum absolute atomic E-state index is 3.95. The molecule has 0 bridgehead atoms. The van der Waals surface area contributed by atoms with Crippen molar-refractivity contribution in [3.63, 3.8) is 0 Å². The molecule has 0 atom stereocenters. The van der Waals surface area contributed by atoms with Gasteiger partial charge in [-0.25, -0.2) is 0 Å². The van der Waals surface area contributed by atoms with E-state index in [1.165, 1.54) is 105 Å². The first-order valence-electron chi connectivity index (χ1n) is 19.8. The minimum Gasteiger partial charge on any atom is -0.103 e. The first kappa shape index (κ1) is 34.2. The van der Waals surface area contributed by atoms with Crippen LogP contribution in [0.4, 0.5) is 0 Å². The predicted molar refractivity (Wildman–Crippen MR) is 245 cm³/mol. The zero-order chi connectivity index (χ0) is 38.1. The van der Waals surface area contributed by atoms with E-state index in [2.05, 4.69) is 219 Å². The molecule has 0 heterocycles. The van der Waals surface area contributed by atoms with Gasteiger partial charge in [-0.05, 0) is 123 Å². The molecular weight excluding hydrogens is 685 g/mol. The number of hydrogen-bond acceptors (Lipinski definition) is 0. The summed E-state index contributed by atoms with van der Waals surface area (Å²) in [6, 6.07) is 78.0. The van der Waals surface area contributed by atoms with Crippen LogP contribution in [-0.4, -0.2) is 0 Å². The van der Waals surface area contributed by atoms with E-state index in [0.29, 0.717) is 0 Å². The molecule has 57 heavy (non-hydrogen) atoms. The Bertz CT molecular complexity index is 3020. The van der Waals surface area contributed by atoms with Gasteiger partial charge in [0.05, 0.1) is 0 Å². The van der Waals surface area contributed by atoms with Crippen LogP contribution < -0.4 is 0 Å². The van der Waals surface area contributed by atoms with E-state index >= 15 is 0 Å². The van der Waals surface area contributed by atoms with Gasteiger partial charge in [-0.3, -0.25) is 0 Å². The lowest BCUT2D eigenvalue weighted by atomic mass is 9.83. The summed E-state index contributed by atoms with van der Waals surface area (Å²) in [5, 5.41) is 7.45. The zero-order valence-corrected chi connectivity index (χ0v) is 31.7. The average Bonchev–Trinajstić information content (AvgIpc) is 3.28. The van der Waals surface area contributed by atoms with Gasteiger partial charge in [0.25, 0.3) is 0 Å². The van der Waals surface area contributed by atoms with E-state index in [4.69, 9.17) is 0 Å². The highest BCUT2D eigenvalue weighted by Gasteiger charge is 2.20. The van der Waals surface area contributed by atoms with Crippen molar-refractivity contribution in [2.24, 2.45) is 0 Å². The molecule has 0 aliphatic carbocycles. The highest BCUT2D eigenvalue weighted by atomic mass is 14.2. The first-order valence-corrected chi connectivity index (χ1v) is 19.8. The van der Waals surface area contributed by atoms with Crippen LogP contribution in [-0.2, 0) is 6.42 Å². The molecule has 10 rings (SSSR count). The molecular formula is C57H40. The largest absolute Gasteiger partial charge is 0.103 e. The molecule has 0 aliphatic rings. The zero-order valence-electron chi connectivity index (χ0n) is 31.7. The molecule has 268 valence electrons. The Kier molecular flexibility index (Phi) is 8.86. The summed E-state index contributed by atoms with van der Waals surface area (Å²) in [4.78, 5) is 0. The average molecular weight is 725 g/mol. The van der Waals surface area contributed by atoms with Gasteiger partial charge in [0, 0.05) is 0 Å². The number of benzene rings is 10. The topological polar surface area (TPSA) is 0 Å². The molecule has 0 unspecified atom stereocenters. The fraction of sp³-hybridized carbons (Fsp3) is 0.0175. The van der Waals surface area contributed by atoms with E-state index in [9.17, 15) is 0 Å². The maximum Gasteiger partial charge on any atom is -0.00261 e. The van der Waals surface area contributed by atoms with Gasteiger partial charge in [0.1, 0.15) is 0 Å². The number of rotatable bonds is 8. The van der Waals surface area contributed by atoms with Gasteiger partial charge in [-0.1, -0.05) is 206 Å². The van der Waals surface area contributed by atoms with Crippen LogP contribution in [0.5, 0.6) is 0 Å². The molecule has 0 spiro atoms. The Hall–Kier alpha value is -7.28. The fourth-order valence-corrected chi connectivity index (χ4v) is 8.81. The fourth-order valence-electron chi connectivity index (χ4n) is 8.81. The second-order valence-electron chi connectivity index (χ2n) is 14.8. The van der Waals surface area contributed by atoms with Gasteiger partial charge in [0.2, 0.25) is 0 Å². The van der Waals surface area contributed by atoms with Crippen LogP contribution in [0.3, 0.4) is 0 Å². The highest BCUT2D eigenvalue weighted by molar-refractivity contribution is 6.22. The molecule has 0 saturated carbocycles. The van der Waals surface area contributed by atoms with Crippen molar-refractivity contribution in [1.29, 1.82) is 0 Å². The first-order chi connectivity index (χ1) is 28.2. The Labute approximate surface area is 334 Å². The van der Waals surface area contributed by atoms with E-state index in [-0.39, 0.29) is 0 Å². The molecule has 0 fully saturated rings. The van der Waals surface area contributed by atoms with Crippen LogP contribution >= 0.6 is 0 Å². The molecule has 0 radical (unpaired) electrons. The Balaban J connectivity index is 1.26. The summed E-state index contributed by atoms with van der Waals surface area (Å²) in [5.41, 5.74) is 15.9. The third kappa shape index (κ3) is 6.22. The lowest BCUT2D eigenvalue weighted by Gasteiger charge is -2.20. The summed E-state index contributed by atoms with van der Waals surface area (Å²) < 4.78 is 0. The quantitative estimate of drug-likeness (QED) is 0.108. The van der Waals surface area contributed by atoms with E-state index in [1.54, 1.807) is 0 Å². The molecule has 10 aromatic carbocycles. The SMILES string of the molecule is C=CCc1ccc(-c2c3ccccc3c(-c3ccc4ccc(-c5ccccc5-c5ccccc5)c(-c5cccc(-c6ccccc6)c5)c4c3)c3ccccc23)cc1. The van der Waals surface area contributed by atoms with Gasteiger partial charge in [0.15, 0.2) is 0 Å². The van der Waals surface area contributed by atoms with Gasteiger partial charge < -0.3 is 0 Å². The van der Waals surface area contributed by atoms with Crippen LogP contribution in [0.1, 0.15) is 5.56 Å². The summed E-state index contributed by atoms with van der Waals surface area (Å²) >= 11 is 0. The van der Waals surface area contributed by atoms with Gasteiger partial charge in [-0.15, -0.1) is 6.58 Å². The van der Waals surface area contributed by atoms with Crippen molar-refractivity contribution in [3.05, 3.63) is 231 Å². The standard InChI is InChI=1S/C57H40/c1-2-16-39-29-31-43(32-30-39)55-49-25-11-13-27-51(49)56(52-28-14-12-26-50(52)55)46-34-33-42-35-36-53(48-24-10-9-23-47(48)41-19-7-4-8-20-41)57(54(42)38-46)45-22-15-21-44(37-45)40-17-5-3-6-18-40/h2-15,17-38H,1,16H2. The van der Waals surface area contributed by atoms with Crippen molar-refractivity contribution in [2.75, 3.05) is 0 Å². The molecule has 0 aromatic heterocycles. The summed E-state index contributed by atoms with van der Waals surface area (Å²) in [6.45, 7) is 3.95. The van der Waals surface area contributed by atoms with Crippen molar-refractivity contribution < 1.29 is 0 Å². The number of allylic oxidation sites excluding steroid dienone is 1. The molecule has 10 aromatic rings. The molecule has 0 nitrogen and oxygen atoms in total. The normalized spacial score (nSPS) is 11.3. The van der Waals surface area contributed by atoms with Crippen LogP contribution in [0.2, 0.25) is 0 Å². The van der Waals surface area contributed by atoms with Gasteiger partial charge in [-0.2, -0.15) is 0 Å². The van der Waals surface area contributed by atoms with Crippen molar-refractivity contribution in [3.8, 4) is 66.8 Å². The Morgan fingerprint density at radius 1 is 0.298 bits per heavy atom. The van der Waals surface area contributed by atoms with Crippen LogP contribution in [0.25, 0.3) is 99.1 Å². The number of fused-ring (bicyclic) bond motifs is 3. The second kappa shape index (κ2) is 14.8. The third-order valence-electron chi connectivity index (χ3n) is 11.4. The summed E-state index contributed by atoms with van der Waals surface area (Å²) in [5.74, 6) is 0. The summed E-state index contributed by atoms with van der Waals surface area (Å²) in [7, 11) is 0. The van der Waals surface area contributed by atoms with E-state index in [1.807, 2.05) is 6.08 Å². The lowest BCUT2D eigenvalue weighted by Crippen LogP contribution is -1.93. The van der Waals surface area contributed by atoms with Crippen molar-refractivity contribution >= 4 is 32.3 Å². The molecule has 0 saturated heterocycles. The molecule has 0 aliphatic heterocycles. The smallest absolute Gasteiger partial charge is 0.00261 e. The van der Waals surface area contributed by atoms with Crippen LogP contribution in [0, 0.1) is 0 Å². The minimum atomic E-state index is 0.862. The second-order valence-corrected chi connectivity index (χ2v) is 14.8. The summed E-state index contributed by atoms with van der Waals surface area (Å²) in [6.07, 6.45) is 2.83. The molecule has 0 heteroatoms. The predicted octanol–water partition coefficient (Wildman–Crippen LogP) is 15.9. The molecule has 0 amide bonds. The number of hydrogen-bond donors (Lipinski definition) is 0. The van der Waals surface area contributed by atoms with E-state index < -0.39 is 0 Å².